The maximum atomic E-state index is 12.6. The van der Waals surface area contributed by atoms with Crippen LogP contribution in [0.3, 0.4) is 0 Å². The van der Waals surface area contributed by atoms with Crippen LogP contribution in [0.15, 0.2) is 43.0 Å². The second-order valence-corrected chi connectivity index (χ2v) is 6.47. The van der Waals surface area contributed by atoms with Crippen molar-refractivity contribution >= 4 is 17.5 Å². The van der Waals surface area contributed by atoms with Crippen LogP contribution < -0.4 is 19.5 Å². The molecule has 1 unspecified atom stereocenters. The van der Waals surface area contributed by atoms with Crippen LogP contribution in [0, 0.1) is 11.3 Å². The van der Waals surface area contributed by atoms with Crippen molar-refractivity contribution in [3.63, 3.8) is 0 Å². The molecule has 2 aromatic carbocycles. The number of hydrogen-bond acceptors (Lipinski definition) is 6. The van der Waals surface area contributed by atoms with Crippen molar-refractivity contribution in [1.29, 1.82) is 5.26 Å². The third-order valence-electron chi connectivity index (χ3n) is 4.80. The van der Waals surface area contributed by atoms with E-state index in [1.54, 1.807) is 36.4 Å². The van der Waals surface area contributed by atoms with Crippen LogP contribution in [0.5, 0.6) is 17.2 Å². The Morgan fingerprint density at radius 3 is 2.23 bits per heavy atom. The van der Waals surface area contributed by atoms with E-state index in [-0.39, 0.29) is 12.5 Å². The van der Waals surface area contributed by atoms with Gasteiger partial charge in [0.25, 0.3) is 5.91 Å². The van der Waals surface area contributed by atoms with Crippen LogP contribution in [0.4, 0.5) is 0 Å². The second kappa shape index (κ2) is 8.57. The molecule has 0 saturated heterocycles. The molecule has 0 bridgehead atoms. The van der Waals surface area contributed by atoms with E-state index in [0.717, 1.165) is 0 Å². The lowest BCUT2D eigenvalue weighted by Gasteiger charge is -2.20. The summed E-state index contributed by atoms with van der Waals surface area (Å²) in [6, 6.07) is 11.3. The molecule has 0 spiro atoms. The van der Waals surface area contributed by atoms with E-state index in [4.69, 9.17) is 14.2 Å². The summed E-state index contributed by atoms with van der Waals surface area (Å²) in [6.45, 7) is 3.66. The molecule has 1 aliphatic heterocycles. The number of hydrogen-bond donors (Lipinski definition) is 1. The predicted octanol–water partition coefficient (Wildman–Crippen LogP) is 2.52. The minimum absolute atomic E-state index is 0.255. The smallest absolute Gasteiger partial charge is 0.259 e. The molecule has 1 aliphatic rings. The van der Waals surface area contributed by atoms with Crippen LogP contribution >= 0.6 is 0 Å². The van der Waals surface area contributed by atoms with Crippen molar-refractivity contribution in [2.24, 2.45) is 0 Å². The quantitative estimate of drug-likeness (QED) is 0.757. The predicted molar refractivity (Wildman–Crippen MR) is 109 cm³/mol. The first-order valence-corrected chi connectivity index (χ1v) is 9.04. The van der Waals surface area contributed by atoms with Crippen molar-refractivity contribution < 1.29 is 23.8 Å². The van der Waals surface area contributed by atoms with E-state index in [9.17, 15) is 14.9 Å². The van der Waals surface area contributed by atoms with Gasteiger partial charge in [0.05, 0.1) is 27.4 Å². The maximum absolute atomic E-state index is 12.6. The lowest BCUT2D eigenvalue weighted by atomic mass is 10.1. The van der Waals surface area contributed by atoms with Gasteiger partial charge in [-0.1, -0.05) is 24.8 Å². The van der Waals surface area contributed by atoms with Crippen molar-refractivity contribution in [2.75, 3.05) is 27.9 Å². The molecule has 0 fully saturated rings. The average molecular weight is 407 g/mol. The van der Waals surface area contributed by atoms with E-state index in [0.29, 0.717) is 39.6 Å². The fourth-order valence-corrected chi connectivity index (χ4v) is 3.31. The summed E-state index contributed by atoms with van der Waals surface area (Å²) >= 11 is 0. The number of carbonyl (C=O) groups is 2. The Kier molecular flexibility index (Phi) is 5.93. The van der Waals surface area contributed by atoms with Gasteiger partial charge in [-0.25, -0.2) is 0 Å². The lowest BCUT2D eigenvalue weighted by Crippen LogP contribution is -2.38. The molecule has 0 aliphatic carbocycles. The van der Waals surface area contributed by atoms with Gasteiger partial charge in [-0.15, -0.1) is 0 Å². The fourth-order valence-electron chi connectivity index (χ4n) is 3.31. The Balaban J connectivity index is 1.79. The van der Waals surface area contributed by atoms with E-state index < -0.39 is 11.9 Å². The van der Waals surface area contributed by atoms with Gasteiger partial charge in [0.1, 0.15) is 12.6 Å². The molecule has 0 aromatic heterocycles. The minimum atomic E-state index is -0.987. The Bertz CT molecular complexity index is 997. The number of nitrogens with one attached hydrogen (secondary N) is 1. The highest BCUT2D eigenvalue weighted by atomic mass is 16.5. The topological polar surface area (TPSA) is 101 Å². The van der Waals surface area contributed by atoms with E-state index in [1.807, 2.05) is 6.07 Å². The van der Waals surface area contributed by atoms with Gasteiger partial charge in [0.2, 0.25) is 11.7 Å². The van der Waals surface area contributed by atoms with Gasteiger partial charge in [-0.2, -0.15) is 5.26 Å². The molecular formula is C22H21N3O5. The maximum Gasteiger partial charge on any atom is 0.259 e. The molecule has 1 N–H and O–H groups in total. The van der Waals surface area contributed by atoms with Gasteiger partial charge in [0.15, 0.2) is 11.5 Å². The van der Waals surface area contributed by atoms with Crippen molar-refractivity contribution in [2.45, 2.75) is 6.04 Å². The summed E-state index contributed by atoms with van der Waals surface area (Å²) in [7, 11) is 4.40. The van der Waals surface area contributed by atoms with Gasteiger partial charge in [0, 0.05) is 16.8 Å². The van der Waals surface area contributed by atoms with E-state index in [2.05, 4.69) is 11.9 Å². The van der Waals surface area contributed by atoms with Gasteiger partial charge < -0.3 is 19.5 Å². The van der Waals surface area contributed by atoms with Crippen LogP contribution in [0.25, 0.3) is 5.70 Å². The Morgan fingerprint density at radius 1 is 1.13 bits per heavy atom. The van der Waals surface area contributed by atoms with Crippen LogP contribution in [0.1, 0.15) is 27.5 Å². The molecule has 154 valence electrons. The third-order valence-corrected chi connectivity index (χ3v) is 4.80. The zero-order valence-electron chi connectivity index (χ0n) is 16.9. The molecule has 1 atom stereocenters. The summed E-state index contributed by atoms with van der Waals surface area (Å²) < 4.78 is 15.9. The summed E-state index contributed by atoms with van der Waals surface area (Å²) in [5, 5.41) is 12.2. The average Bonchev–Trinajstić information content (AvgIpc) is 3.01. The standard InChI is InChI=1S/C22H21N3O5/c1-13-15-7-5-6-8-16(15)22(27)25(13)12-20(26)24-17(11-23)14-9-18(28-2)21(30-4)19(10-14)29-3/h5-10,17H,1,12H2,2-4H3,(H,24,26). The molecule has 3 rings (SSSR count). The van der Waals surface area contributed by atoms with Crippen LogP contribution in [-0.4, -0.2) is 44.6 Å². The second-order valence-electron chi connectivity index (χ2n) is 6.47. The number of benzene rings is 2. The molecule has 8 nitrogen and oxygen atoms in total. The van der Waals surface area contributed by atoms with E-state index >= 15 is 0 Å². The fraction of sp³-hybridized carbons (Fsp3) is 0.227. The van der Waals surface area contributed by atoms with Crippen LogP contribution in [-0.2, 0) is 4.79 Å². The molecule has 2 aromatic rings. The number of rotatable bonds is 7. The first-order chi connectivity index (χ1) is 14.4. The normalized spacial score (nSPS) is 13.3. The summed E-state index contributed by atoms with van der Waals surface area (Å²) in [4.78, 5) is 26.5. The number of amides is 2. The van der Waals surface area contributed by atoms with Crippen LogP contribution in [0.2, 0.25) is 0 Å². The molecule has 8 heteroatoms. The number of fused-ring (bicyclic) bond motifs is 1. The highest BCUT2D eigenvalue weighted by Gasteiger charge is 2.32. The zero-order chi connectivity index (χ0) is 21.8. The van der Waals surface area contributed by atoms with E-state index in [1.165, 1.54) is 26.2 Å². The number of ether oxygens (including phenoxy) is 3. The first kappa shape index (κ1) is 20.7. The third kappa shape index (κ3) is 3.65. The molecule has 0 radical (unpaired) electrons. The molecule has 30 heavy (non-hydrogen) atoms. The summed E-state index contributed by atoms with van der Waals surface area (Å²) in [5.41, 5.74) is 2.09. The number of nitrogens with zero attached hydrogens (tertiary/aromatic N) is 2. The summed E-state index contributed by atoms with van der Waals surface area (Å²) in [5.74, 6) is 0.299. The number of nitriles is 1. The first-order valence-electron chi connectivity index (χ1n) is 9.04. The Morgan fingerprint density at radius 2 is 1.73 bits per heavy atom. The lowest BCUT2D eigenvalue weighted by molar-refractivity contribution is -0.121. The van der Waals surface area contributed by atoms with Gasteiger partial charge in [-0.3, -0.25) is 14.5 Å². The molecule has 2 amide bonds. The minimum Gasteiger partial charge on any atom is -0.493 e. The Hall–Kier alpha value is -3.99. The van der Waals surface area contributed by atoms with Crippen molar-refractivity contribution in [3.8, 4) is 23.3 Å². The largest absolute Gasteiger partial charge is 0.493 e. The monoisotopic (exact) mass is 407 g/mol. The number of carbonyl (C=O) groups excluding carboxylic acids is 2. The van der Waals surface area contributed by atoms with Gasteiger partial charge >= 0.3 is 0 Å². The zero-order valence-corrected chi connectivity index (χ0v) is 16.9. The highest BCUT2D eigenvalue weighted by molar-refractivity contribution is 6.10. The van der Waals surface area contributed by atoms with Gasteiger partial charge in [-0.05, 0) is 23.8 Å². The Labute approximate surface area is 174 Å². The SMILES string of the molecule is C=C1c2ccccc2C(=O)N1CC(=O)NC(C#N)c1cc(OC)c(OC)c(OC)c1. The molecule has 0 saturated carbocycles. The van der Waals surface area contributed by atoms with Crippen molar-refractivity contribution in [3.05, 3.63) is 59.7 Å². The molecular weight excluding hydrogens is 386 g/mol. The highest BCUT2D eigenvalue weighted by Crippen LogP contribution is 2.39. The summed E-state index contributed by atoms with van der Waals surface area (Å²) in [6.07, 6.45) is 0. The number of methoxy groups -OCH3 is 3. The molecule has 1 heterocycles. The van der Waals surface area contributed by atoms with Crippen molar-refractivity contribution in [1.82, 2.24) is 10.2 Å².